The van der Waals surface area contributed by atoms with E-state index in [1.165, 1.54) is 7.11 Å². The molecule has 3 heterocycles. The predicted molar refractivity (Wildman–Crippen MR) is 106 cm³/mol. The largest absolute Gasteiger partial charge is 0.497 e. The number of nitrogens with zero attached hydrogens (tertiary/aromatic N) is 1. The van der Waals surface area contributed by atoms with Crippen LogP contribution >= 0.6 is 0 Å². The van der Waals surface area contributed by atoms with E-state index in [2.05, 4.69) is 5.32 Å². The second-order valence-corrected chi connectivity index (χ2v) is 8.26. The number of fused-ring (bicyclic) bond motifs is 3. The van der Waals surface area contributed by atoms with Crippen LogP contribution in [0.25, 0.3) is 10.9 Å². The Hall–Kier alpha value is -2.67. The van der Waals surface area contributed by atoms with Crippen molar-refractivity contribution in [2.75, 3.05) is 20.8 Å². The maximum Gasteiger partial charge on any atom is 0.323 e. The van der Waals surface area contributed by atoms with Crippen molar-refractivity contribution in [1.82, 2.24) is 10.3 Å². The van der Waals surface area contributed by atoms with E-state index in [4.69, 9.17) is 19.2 Å². The first-order valence-electron chi connectivity index (χ1n) is 10.1. The lowest BCUT2D eigenvalue weighted by Gasteiger charge is -2.37. The molecular weight excluding hydrogens is 372 g/mol. The van der Waals surface area contributed by atoms with Gasteiger partial charge in [0.05, 0.1) is 37.4 Å². The Morgan fingerprint density at radius 1 is 1.31 bits per heavy atom. The molecule has 152 valence electrons. The van der Waals surface area contributed by atoms with Crippen molar-refractivity contribution < 1.29 is 23.8 Å². The highest BCUT2D eigenvalue weighted by molar-refractivity contribution is 6.11. The molecule has 7 heteroatoms. The first kappa shape index (κ1) is 18.4. The Balaban J connectivity index is 1.63. The van der Waals surface area contributed by atoms with Crippen molar-refractivity contribution in [3.05, 3.63) is 29.5 Å². The van der Waals surface area contributed by atoms with Crippen molar-refractivity contribution in [3.63, 3.8) is 0 Å². The van der Waals surface area contributed by atoms with Gasteiger partial charge in [0.2, 0.25) is 0 Å². The third-order valence-electron chi connectivity index (χ3n) is 6.48. The molecule has 2 fully saturated rings. The fraction of sp³-hybridized carbons (Fsp3) is 0.500. The molecule has 2 atom stereocenters. The van der Waals surface area contributed by atoms with Crippen molar-refractivity contribution in [1.29, 1.82) is 0 Å². The van der Waals surface area contributed by atoms with Gasteiger partial charge < -0.3 is 19.5 Å². The summed E-state index contributed by atoms with van der Waals surface area (Å²) in [6, 6.07) is 5.16. The third-order valence-corrected chi connectivity index (χ3v) is 6.48. The SMILES string of the molecule is COC(=O)C1CC2(CN1)CC(=O)c1c(c(C3CCC3)nc3ccc(OC)cc13)O2. The standard InChI is InChI=1S/C22H24N2O5/c1-27-13-6-7-15-14(8-13)18-17(25)10-22(9-16(23-11-22)21(26)28-2)29-20(18)19(24-15)12-4-3-5-12/h6-8,12,16,23H,3-5,9-11H2,1-2H3. The number of hydrogen-bond donors (Lipinski definition) is 1. The molecule has 29 heavy (non-hydrogen) atoms. The van der Waals surface area contributed by atoms with Gasteiger partial charge in [-0.2, -0.15) is 0 Å². The smallest absolute Gasteiger partial charge is 0.323 e. The second-order valence-electron chi connectivity index (χ2n) is 8.26. The summed E-state index contributed by atoms with van der Waals surface area (Å²) in [5.41, 5.74) is 1.52. The zero-order valence-electron chi connectivity index (χ0n) is 16.6. The molecule has 7 nitrogen and oxygen atoms in total. The van der Waals surface area contributed by atoms with Crippen LogP contribution in [0.2, 0.25) is 0 Å². The Bertz CT molecular complexity index is 1020. The van der Waals surface area contributed by atoms with Crippen LogP contribution in [0, 0.1) is 0 Å². The van der Waals surface area contributed by atoms with Gasteiger partial charge in [0.15, 0.2) is 11.5 Å². The summed E-state index contributed by atoms with van der Waals surface area (Å²) in [5, 5.41) is 3.92. The van der Waals surface area contributed by atoms with Crippen LogP contribution in [0.5, 0.6) is 11.5 Å². The number of aromatic nitrogens is 1. The van der Waals surface area contributed by atoms with Gasteiger partial charge in [0.1, 0.15) is 17.4 Å². The molecule has 2 aliphatic heterocycles. The van der Waals surface area contributed by atoms with Gasteiger partial charge in [-0.15, -0.1) is 0 Å². The molecule has 3 aliphatic rings. The molecule has 1 aliphatic carbocycles. The van der Waals surface area contributed by atoms with E-state index in [-0.39, 0.29) is 18.2 Å². The Kier molecular flexibility index (Phi) is 4.24. The average molecular weight is 396 g/mol. The van der Waals surface area contributed by atoms with Crippen LogP contribution in [-0.4, -0.2) is 49.1 Å². The highest BCUT2D eigenvalue weighted by Crippen LogP contribution is 2.48. The number of hydrogen-bond acceptors (Lipinski definition) is 7. The predicted octanol–water partition coefficient (Wildman–Crippen LogP) is 2.75. The maximum absolute atomic E-state index is 13.4. The van der Waals surface area contributed by atoms with E-state index in [0.717, 1.165) is 35.9 Å². The lowest BCUT2D eigenvalue weighted by molar-refractivity contribution is -0.143. The number of ketones is 1. The fourth-order valence-corrected chi connectivity index (χ4v) is 4.69. The first-order chi connectivity index (χ1) is 14.0. The first-order valence-corrected chi connectivity index (χ1v) is 10.1. The van der Waals surface area contributed by atoms with Crippen LogP contribution < -0.4 is 14.8 Å². The molecule has 0 bridgehead atoms. The molecule has 1 N–H and O–H groups in total. The molecule has 1 saturated heterocycles. The van der Waals surface area contributed by atoms with E-state index >= 15 is 0 Å². The summed E-state index contributed by atoms with van der Waals surface area (Å²) in [7, 11) is 2.98. The zero-order chi connectivity index (χ0) is 20.2. The van der Waals surface area contributed by atoms with Crippen LogP contribution in [0.1, 0.15) is 54.1 Å². The minimum absolute atomic E-state index is 0.0276. The van der Waals surface area contributed by atoms with Crippen LogP contribution in [0.3, 0.4) is 0 Å². The van der Waals surface area contributed by atoms with Gasteiger partial charge in [0.25, 0.3) is 0 Å². The van der Waals surface area contributed by atoms with Gasteiger partial charge in [-0.3, -0.25) is 9.59 Å². The van der Waals surface area contributed by atoms with Gasteiger partial charge in [0, 0.05) is 24.3 Å². The second kappa shape index (κ2) is 6.69. The summed E-state index contributed by atoms with van der Waals surface area (Å²) in [6.07, 6.45) is 3.89. The van der Waals surface area contributed by atoms with Crippen LogP contribution in [0.15, 0.2) is 18.2 Å². The molecule has 1 aromatic carbocycles. The summed E-state index contributed by atoms with van der Waals surface area (Å²) < 4.78 is 16.8. The van der Waals surface area contributed by atoms with Crippen LogP contribution in [0.4, 0.5) is 0 Å². The van der Waals surface area contributed by atoms with E-state index in [1.54, 1.807) is 7.11 Å². The molecule has 5 rings (SSSR count). The topological polar surface area (TPSA) is 86.8 Å². The normalized spacial score (nSPS) is 26.1. The van der Waals surface area contributed by atoms with Crippen molar-refractivity contribution in [2.24, 2.45) is 0 Å². The van der Waals surface area contributed by atoms with Gasteiger partial charge in [-0.25, -0.2) is 4.98 Å². The van der Waals surface area contributed by atoms with E-state index in [9.17, 15) is 9.59 Å². The average Bonchev–Trinajstić information content (AvgIpc) is 3.08. The minimum atomic E-state index is -0.740. The zero-order valence-corrected chi connectivity index (χ0v) is 16.6. The summed E-state index contributed by atoms with van der Waals surface area (Å²) in [6.45, 7) is 0.429. The lowest BCUT2D eigenvalue weighted by Crippen LogP contribution is -2.44. The number of rotatable bonds is 3. The molecule has 1 aromatic heterocycles. The number of benzene rings is 1. The highest BCUT2D eigenvalue weighted by atomic mass is 16.5. The van der Waals surface area contributed by atoms with E-state index < -0.39 is 11.6 Å². The van der Waals surface area contributed by atoms with Crippen molar-refractivity contribution in [3.8, 4) is 11.5 Å². The van der Waals surface area contributed by atoms with Crippen molar-refractivity contribution >= 4 is 22.7 Å². The summed E-state index contributed by atoms with van der Waals surface area (Å²) in [4.78, 5) is 30.3. The Morgan fingerprint density at radius 3 is 2.83 bits per heavy atom. The van der Waals surface area contributed by atoms with E-state index in [1.807, 2.05) is 18.2 Å². The Labute approximate surface area is 168 Å². The van der Waals surface area contributed by atoms with Gasteiger partial charge >= 0.3 is 5.97 Å². The number of ether oxygens (including phenoxy) is 3. The number of carbonyl (C=O) groups is 2. The monoisotopic (exact) mass is 396 g/mol. The van der Waals surface area contributed by atoms with Gasteiger partial charge in [-0.1, -0.05) is 6.42 Å². The Morgan fingerprint density at radius 2 is 2.14 bits per heavy atom. The highest BCUT2D eigenvalue weighted by Gasteiger charge is 2.50. The number of pyridine rings is 1. The third kappa shape index (κ3) is 2.87. The number of esters is 1. The lowest BCUT2D eigenvalue weighted by atomic mass is 9.79. The number of carbonyl (C=O) groups excluding carboxylic acids is 2. The molecular formula is C22H24N2O5. The molecule has 1 saturated carbocycles. The number of Topliss-reactive ketones (excluding diaryl/α,β-unsaturated/α-hetero) is 1. The number of methoxy groups -OCH3 is 2. The summed E-state index contributed by atoms with van der Waals surface area (Å²) in [5.74, 6) is 1.28. The number of nitrogens with one attached hydrogen (secondary N) is 1. The quantitative estimate of drug-likeness (QED) is 0.798. The minimum Gasteiger partial charge on any atom is -0.497 e. The van der Waals surface area contributed by atoms with Crippen molar-refractivity contribution in [2.45, 2.75) is 49.7 Å². The summed E-state index contributed by atoms with van der Waals surface area (Å²) >= 11 is 0. The molecule has 0 radical (unpaired) electrons. The fourth-order valence-electron chi connectivity index (χ4n) is 4.69. The van der Waals surface area contributed by atoms with Crippen LogP contribution in [-0.2, 0) is 9.53 Å². The molecule has 0 amide bonds. The molecule has 2 unspecified atom stereocenters. The maximum atomic E-state index is 13.4. The van der Waals surface area contributed by atoms with E-state index in [0.29, 0.717) is 35.9 Å². The van der Waals surface area contributed by atoms with Gasteiger partial charge in [-0.05, 0) is 31.0 Å². The molecule has 1 spiro atoms. The molecule has 2 aromatic rings.